The highest BCUT2D eigenvalue weighted by molar-refractivity contribution is 7.90. The average molecular weight is 382 g/mol. The van der Waals surface area contributed by atoms with Gasteiger partial charge in [-0.05, 0) is 24.6 Å². The van der Waals surface area contributed by atoms with Gasteiger partial charge in [-0.25, -0.2) is 8.42 Å². The second-order valence-corrected chi connectivity index (χ2v) is 8.39. The Kier molecular flexibility index (Phi) is 4.49. The normalized spacial score (nSPS) is 16.8. The van der Waals surface area contributed by atoms with Crippen molar-refractivity contribution in [1.29, 1.82) is 0 Å². The smallest absolute Gasteiger partial charge is 0.264 e. The molecule has 27 heavy (non-hydrogen) atoms. The van der Waals surface area contributed by atoms with Crippen LogP contribution in [-0.4, -0.2) is 30.9 Å². The summed E-state index contributed by atoms with van der Waals surface area (Å²) >= 11 is 0. The second-order valence-electron chi connectivity index (χ2n) is 6.40. The van der Waals surface area contributed by atoms with Crippen LogP contribution >= 0.6 is 0 Å². The van der Waals surface area contributed by atoms with Crippen LogP contribution in [0.2, 0.25) is 0 Å². The first-order valence-corrected chi connectivity index (χ1v) is 10.2. The second kappa shape index (κ2) is 6.96. The van der Waals surface area contributed by atoms with Crippen molar-refractivity contribution in [3.63, 3.8) is 0 Å². The minimum absolute atomic E-state index is 0.0202. The fourth-order valence-corrected chi connectivity index (χ4v) is 4.12. The molecule has 1 aromatic heterocycles. The van der Waals surface area contributed by atoms with Crippen LogP contribution in [-0.2, 0) is 15.6 Å². The maximum Gasteiger partial charge on any atom is 0.264 e. The lowest BCUT2D eigenvalue weighted by Gasteiger charge is -2.09. The lowest BCUT2D eigenvalue weighted by molar-refractivity contribution is 0.497. The number of rotatable bonds is 5. The van der Waals surface area contributed by atoms with E-state index in [1.54, 1.807) is 24.3 Å². The van der Waals surface area contributed by atoms with Crippen LogP contribution in [0.4, 0.5) is 0 Å². The highest BCUT2D eigenvalue weighted by Crippen LogP contribution is 2.24. The van der Waals surface area contributed by atoms with Gasteiger partial charge in [-0.15, -0.1) is 10.2 Å². The van der Waals surface area contributed by atoms with Crippen LogP contribution in [0.3, 0.4) is 0 Å². The summed E-state index contributed by atoms with van der Waals surface area (Å²) in [6.07, 6.45) is 0. The Hall–Kier alpha value is -3.00. The molecule has 0 aliphatic carbocycles. The number of benzene rings is 2. The molecule has 0 amide bonds. The molecule has 4 rings (SSSR count). The van der Waals surface area contributed by atoms with Gasteiger partial charge < -0.3 is 9.84 Å². The molecule has 7 nitrogen and oxygen atoms in total. The van der Waals surface area contributed by atoms with Crippen molar-refractivity contribution in [2.75, 3.05) is 6.54 Å². The minimum Gasteiger partial charge on any atom is -0.418 e. The Bertz CT molecular complexity index is 1070. The summed E-state index contributed by atoms with van der Waals surface area (Å²) in [6.45, 7) is 2.53. The first-order chi connectivity index (χ1) is 13.0. The summed E-state index contributed by atoms with van der Waals surface area (Å²) in [4.78, 5) is 0.231. The lowest BCUT2D eigenvalue weighted by atomic mass is 9.95. The Morgan fingerprint density at radius 3 is 2.56 bits per heavy atom. The fraction of sp³-hybridized carbons (Fsp3) is 0.211. The van der Waals surface area contributed by atoms with Crippen molar-refractivity contribution in [2.45, 2.75) is 23.5 Å². The summed E-state index contributed by atoms with van der Waals surface area (Å²) in [7, 11) is -3.56. The number of nitrogens with zero attached hydrogens (tertiary/aromatic N) is 3. The molecule has 8 heteroatoms. The van der Waals surface area contributed by atoms with E-state index in [0.717, 1.165) is 11.1 Å². The summed E-state index contributed by atoms with van der Waals surface area (Å²) in [5.74, 6) is -0.0806. The quantitative estimate of drug-likeness (QED) is 0.728. The van der Waals surface area contributed by atoms with E-state index in [-0.39, 0.29) is 28.3 Å². The van der Waals surface area contributed by atoms with E-state index in [0.29, 0.717) is 12.3 Å². The van der Waals surface area contributed by atoms with Gasteiger partial charge in [0.2, 0.25) is 5.89 Å². The van der Waals surface area contributed by atoms with Gasteiger partial charge >= 0.3 is 0 Å². The largest absolute Gasteiger partial charge is 0.418 e. The van der Waals surface area contributed by atoms with E-state index in [2.05, 4.69) is 20.7 Å². The molecule has 0 fully saturated rings. The zero-order valence-corrected chi connectivity index (χ0v) is 15.5. The summed E-state index contributed by atoms with van der Waals surface area (Å²) in [6, 6.07) is 16.6. The molecule has 138 valence electrons. The van der Waals surface area contributed by atoms with Gasteiger partial charge in [-0.2, -0.15) is 5.10 Å². The Labute approximate surface area is 157 Å². The number of aromatic nitrogens is 2. The zero-order valence-electron chi connectivity index (χ0n) is 14.7. The molecular formula is C19H18N4O3S. The van der Waals surface area contributed by atoms with Gasteiger partial charge in [0.25, 0.3) is 5.89 Å². The average Bonchev–Trinajstić information content (AvgIpc) is 3.31. The van der Waals surface area contributed by atoms with E-state index >= 15 is 0 Å². The molecule has 1 atom stereocenters. The topological polar surface area (TPSA) is 97.5 Å². The van der Waals surface area contributed by atoms with Gasteiger partial charge in [0.1, 0.15) is 11.5 Å². The Morgan fingerprint density at radius 2 is 1.81 bits per heavy atom. The molecular weight excluding hydrogens is 364 g/mol. The number of aryl methyl sites for hydroxylation is 1. The predicted molar refractivity (Wildman–Crippen MR) is 100 cm³/mol. The third-order valence-electron chi connectivity index (χ3n) is 4.41. The molecule has 0 saturated carbocycles. The summed E-state index contributed by atoms with van der Waals surface area (Å²) in [5.41, 5.74) is 5.64. The highest BCUT2D eigenvalue weighted by Gasteiger charge is 2.29. The molecule has 2 heterocycles. The fourth-order valence-electron chi connectivity index (χ4n) is 2.96. The predicted octanol–water partition coefficient (Wildman–Crippen LogP) is 2.44. The van der Waals surface area contributed by atoms with Gasteiger partial charge in [0, 0.05) is 6.54 Å². The SMILES string of the molecule is Cc1ccc(S(=O)(=O)Cc2nnc(C3=NNCC3c3ccccc3)o2)cc1. The molecule has 0 spiro atoms. The minimum atomic E-state index is -3.56. The number of hydrogen-bond donors (Lipinski definition) is 1. The van der Waals surface area contributed by atoms with Crippen molar-refractivity contribution in [3.8, 4) is 0 Å². The maximum atomic E-state index is 12.6. The lowest BCUT2D eigenvalue weighted by Crippen LogP contribution is -2.14. The third-order valence-corrected chi connectivity index (χ3v) is 6.02. The summed E-state index contributed by atoms with van der Waals surface area (Å²) < 4.78 is 30.7. The standard InChI is InChI=1S/C19H18N4O3S/c1-13-7-9-15(10-8-13)27(24,25)12-17-21-23-19(26-17)18-16(11-20-22-18)14-5-3-2-4-6-14/h2-10,16,20H,11-12H2,1H3. The third kappa shape index (κ3) is 3.61. The van der Waals surface area contributed by atoms with Gasteiger partial charge in [0.05, 0.1) is 10.8 Å². The van der Waals surface area contributed by atoms with Crippen LogP contribution in [0.1, 0.15) is 28.8 Å². The molecule has 0 saturated heterocycles. The van der Waals surface area contributed by atoms with Crippen LogP contribution in [0.25, 0.3) is 0 Å². The van der Waals surface area contributed by atoms with Crippen molar-refractivity contribution in [3.05, 3.63) is 77.5 Å². The molecule has 3 aromatic rings. The molecule has 0 bridgehead atoms. The van der Waals surface area contributed by atoms with E-state index in [9.17, 15) is 8.42 Å². The van der Waals surface area contributed by atoms with Crippen LogP contribution in [0.15, 0.2) is 69.0 Å². The first-order valence-electron chi connectivity index (χ1n) is 8.50. The van der Waals surface area contributed by atoms with Crippen molar-refractivity contribution < 1.29 is 12.8 Å². The van der Waals surface area contributed by atoms with Crippen molar-refractivity contribution in [1.82, 2.24) is 15.6 Å². The van der Waals surface area contributed by atoms with Crippen molar-refractivity contribution in [2.24, 2.45) is 5.10 Å². The molecule has 0 radical (unpaired) electrons. The van der Waals surface area contributed by atoms with Gasteiger partial charge in [0.15, 0.2) is 9.84 Å². The molecule has 1 aliphatic rings. The maximum absolute atomic E-state index is 12.6. The zero-order chi connectivity index (χ0) is 18.9. The highest BCUT2D eigenvalue weighted by atomic mass is 32.2. The van der Waals surface area contributed by atoms with Crippen LogP contribution < -0.4 is 5.43 Å². The monoisotopic (exact) mass is 382 g/mol. The van der Waals surface area contributed by atoms with Crippen molar-refractivity contribution >= 4 is 15.5 Å². The van der Waals surface area contributed by atoms with Crippen LogP contribution in [0.5, 0.6) is 0 Å². The molecule has 2 aromatic carbocycles. The number of hydrogen-bond acceptors (Lipinski definition) is 7. The Balaban J connectivity index is 1.56. The van der Waals surface area contributed by atoms with E-state index in [1.807, 2.05) is 37.3 Å². The molecule has 1 aliphatic heterocycles. The Morgan fingerprint density at radius 1 is 1.07 bits per heavy atom. The van der Waals surface area contributed by atoms with Gasteiger partial charge in [-0.3, -0.25) is 0 Å². The van der Waals surface area contributed by atoms with E-state index in [4.69, 9.17) is 4.42 Å². The molecule has 1 N–H and O–H groups in total. The van der Waals surface area contributed by atoms with Crippen LogP contribution in [0, 0.1) is 6.92 Å². The summed E-state index contributed by atoms with van der Waals surface area (Å²) in [5, 5.41) is 12.2. The van der Waals surface area contributed by atoms with E-state index in [1.165, 1.54) is 0 Å². The first kappa shape index (κ1) is 17.4. The molecule has 1 unspecified atom stereocenters. The van der Waals surface area contributed by atoms with E-state index < -0.39 is 9.84 Å². The number of nitrogens with one attached hydrogen (secondary N) is 1. The number of hydrazone groups is 1. The van der Waals surface area contributed by atoms with Gasteiger partial charge in [-0.1, -0.05) is 48.0 Å². The number of sulfone groups is 1.